The number of pyridine rings is 2. The molecule has 1 saturated heterocycles. The van der Waals surface area contributed by atoms with Crippen LogP contribution >= 0.6 is 23.8 Å². The Morgan fingerprint density at radius 3 is 2.68 bits per heavy atom. The number of ether oxygens (including phenoxy) is 1. The van der Waals surface area contributed by atoms with Crippen LogP contribution in [0.5, 0.6) is 11.5 Å². The Morgan fingerprint density at radius 2 is 1.94 bits per heavy atom. The SMILES string of the molecule is Cc1ccc(Oc2ccnc(N3CCC(NC(=S)Nc4cccnc4)CC3)c2)cc1Cl. The van der Waals surface area contributed by atoms with Crippen molar-refractivity contribution in [3.63, 3.8) is 0 Å². The summed E-state index contributed by atoms with van der Waals surface area (Å²) < 4.78 is 5.98. The maximum Gasteiger partial charge on any atom is 0.171 e. The number of anilines is 2. The van der Waals surface area contributed by atoms with Crippen molar-refractivity contribution in [1.82, 2.24) is 15.3 Å². The van der Waals surface area contributed by atoms with Gasteiger partial charge in [-0.2, -0.15) is 0 Å². The number of nitrogens with one attached hydrogen (secondary N) is 2. The van der Waals surface area contributed by atoms with Gasteiger partial charge in [-0.05, 0) is 67.9 Å². The van der Waals surface area contributed by atoms with Gasteiger partial charge >= 0.3 is 0 Å². The van der Waals surface area contributed by atoms with Crippen LogP contribution in [0.2, 0.25) is 5.02 Å². The average molecular weight is 454 g/mol. The third-order valence-electron chi connectivity index (χ3n) is 5.17. The normalized spacial score (nSPS) is 14.2. The minimum Gasteiger partial charge on any atom is -0.457 e. The van der Waals surface area contributed by atoms with Crippen LogP contribution in [0.15, 0.2) is 61.1 Å². The Morgan fingerprint density at radius 1 is 1.13 bits per heavy atom. The van der Waals surface area contributed by atoms with E-state index in [2.05, 4.69) is 25.5 Å². The molecule has 3 aromatic rings. The van der Waals surface area contributed by atoms with Gasteiger partial charge in [-0.15, -0.1) is 0 Å². The van der Waals surface area contributed by atoms with Crippen LogP contribution in [0.25, 0.3) is 0 Å². The Hall–Kier alpha value is -2.90. The quantitative estimate of drug-likeness (QED) is 0.515. The molecule has 0 amide bonds. The molecular formula is C23H24ClN5OS. The molecule has 0 bridgehead atoms. The summed E-state index contributed by atoms with van der Waals surface area (Å²) in [4.78, 5) is 10.9. The molecule has 0 spiro atoms. The van der Waals surface area contributed by atoms with E-state index in [9.17, 15) is 0 Å². The first-order valence-electron chi connectivity index (χ1n) is 10.2. The van der Waals surface area contributed by atoms with E-state index in [1.54, 1.807) is 18.6 Å². The minimum atomic E-state index is 0.321. The monoisotopic (exact) mass is 453 g/mol. The first kappa shape index (κ1) is 21.3. The molecule has 0 unspecified atom stereocenters. The van der Waals surface area contributed by atoms with Gasteiger partial charge in [0.2, 0.25) is 0 Å². The molecule has 1 aliphatic rings. The minimum absolute atomic E-state index is 0.321. The Balaban J connectivity index is 1.31. The third kappa shape index (κ3) is 5.83. The zero-order valence-electron chi connectivity index (χ0n) is 17.2. The van der Waals surface area contributed by atoms with Gasteiger partial charge in [-0.1, -0.05) is 17.7 Å². The van der Waals surface area contributed by atoms with Crippen molar-refractivity contribution in [2.24, 2.45) is 0 Å². The fourth-order valence-electron chi connectivity index (χ4n) is 3.45. The molecule has 0 saturated carbocycles. The van der Waals surface area contributed by atoms with Gasteiger partial charge in [0, 0.05) is 42.6 Å². The smallest absolute Gasteiger partial charge is 0.171 e. The molecule has 0 atom stereocenters. The van der Waals surface area contributed by atoms with Gasteiger partial charge in [-0.25, -0.2) is 4.98 Å². The summed E-state index contributed by atoms with van der Waals surface area (Å²) in [5.41, 5.74) is 1.91. The highest BCUT2D eigenvalue weighted by molar-refractivity contribution is 7.80. The average Bonchev–Trinajstić information content (AvgIpc) is 2.78. The molecule has 2 N–H and O–H groups in total. The number of rotatable bonds is 5. The number of hydrogen-bond acceptors (Lipinski definition) is 5. The lowest BCUT2D eigenvalue weighted by Gasteiger charge is -2.33. The Kier molecular flexibility index (Phi) is 6.84. The fraction of sp³-hybridized carbons (Fsp3) is 0.261. The summed E-state index contributed by atoms with van der Waals surface area (Å²) in [6.45, 7) is 3.75. The van der Waals surface area contributed by atoms with E-state index in [1.165, 1.54) is 0 Å². The maximum atomic E-state index is 6.20. The largest absolute Gasteiger partial charge is 0.457 e. The number of thiocarbonyl (C=S) groups is 1. The number of benzene rings is 1. The van der Waals surface area contributed by atoms with Crippen LogP contribution < -0.4 is 20.3 Å². The second kappa shape index (κ2) is 9.94. The highest BCUT2D eigenvalue weighted by Gasteiger charge is 2.21. The van der Waals surface area contributed by atoms with Crippen LogP contribution in [-0.2, 0) is 0 Å². The van der Waals surface area contributed by atoms with E-state index in [1.807, 2.05) is 49.4 Å². The first-order valence-corrected chi connectivity index (χ1v) is 11.0. The number of aromatic nitrogens is 2. The van der Waals surface area contributed by atoms with Gasteiger partial charge in [-0.3, -0.25) is 4.98 Å². The van der Waals surface area contributed by atoms with Gasteiger partial charge < -0.3 is 20.3 Å². The van der Waals surface area contributed by atoms with E-state index in [4.69, 9.17) is 28.6 Å². The molecule has 160 valence electrons. The molecule has 6 nitrogen and oxygen atoms in total. The summed E-state index contributed by atoms with van der Waals surface area (Å²) >= 11 is 11.6. The molecule has 0 radical (unpaired) electrons. The van der Waals surface area contributed by atoms with Crippen LogP contribution in [0.1, 0.15) is 18.4 Å². The molecule has 4 rings (SSSR count). The van der Waals surface area contributed by atoms with E-state index >= 15 is 0 Å². The molecule has 3 heterocycles. The third-order valence-corrected chi connectivity index (χ3v) is 5.80. The second-order valence-electron chi connectivity index (χ2n) is 7.46. The van der Waals surface area contributed by atoms with Crippen molar-refractivity contribution in [2.75, 3.05) is 23.3 Å². The van der Waals surface area contributed by atoms with Gasteiger partial charge in [0.25, 0.3) is 0 Å². The van der Waals surface area contributed by atoms with Crippen LogP contribution in [0.3, 0.4) is 0 Å². The van der Waals surface area contributed by atoms with Crippen LogP contribution in [-0.4, -0.2) is 34.2 Å². The number of hydrogen-bond donors (Lipinski definition) is 2. The topological polar surface area (TPSA) is 62.3 Å². The van der Waals surface area contributed by atoms with E-state index in [-0.39, 0.29) is 0 Å². The van der Waals surface area contributed by atoms with Gasteiger partial charge in [0.1, 0.15) is 17.3 Å². The number of aryl methyl sites for hydroxylation is 1. The number of piperidine rings is 1. The standard InChI is InChI=1S/C23H24ClN5OS/c1-16-4-5-19(13-21(16)24)30-20-6-10-26-22(14-20)29-11-7-17(8-12-29)27-23(31)28-18-3-2-9-25-15-18/h2-6,9-10,13-15,17H,7-8,11-12H2,1H3,(H2,27,28,31). The summed E-state index contributed by atoms with van der Waals surface area (Å²) in [5.74, 6) is 2.36. The lowest BCUT2D eigenvalue weighted by atomic mass is 10.1. The maximum absolute atomic E-state index is 6.20. The van der Waals surface area contributed by atoms with E-state index in [0.717, 1.165) is 48.7 Å². The zero-order chi connectivity index (χ0) is 21.6. The van der Waals surface area contributed by atoms with Crippen molar-refractivity contribution in [3.8, 4) is 11.5 Å². The van der Waals surface area contributed by atoms with E-state index < -0.39 is 0 Å². The number of nitrogens with zero attached hydrogens (tertiary/aromatic N) is 3. The summed E-state index contributed by atoms with van der Waals surface area (Å²) in [6, 6.07) is 13.7. The lowest BCUT2D eigenvalue weighted by molar-refractivity contribution is 0.462. The first-order chi connectivity index (χ1) is 15.1. The Labute approximate surface area is 192 Å². The van der Waals surface area contributed by atoms with Crippen LogP contribution in [0, 0.1) is 6.92 Å². The molecule has 1 aliphatic heterocycles. The fourth-order valence-corrected chi connectivity index (χ4v) is 3.91. The summed E-state index contributed by atoms with van der Waals surface area (Å²) in [7, 11) is 0. The predicted octanol–water partition coefficient (Wildman–Crippen LogP) is 5.19. The van der Waals surface area contributed by atoms with Crippen molar-refractivity contribution >= 4 is 40.4 Å². The van der Waals surface area contributed by atoms with Crippen molar-refractivity contribution < 1.29 is 4.74 Å². The highest BCUT2D eigenvalue weighted by atomic mass is 35.5. The molecule has 0 aliphatic carbocycles. The molecule has 8 heteroatoms. The molecule has 31 heavy (non-hydrogen) atoms. The summed E-state index contributed by atoms with van der Waals surface area (Å²) in [5, 5.41) is 7.89. The molecule has 2 aromatic heterocycles. The molecule has 1 aromatic carbocycles. The van der Waals surface area contributed by atoms with Gasteiger partial charge in [0.05, 0.1) is 11.9 Å². The molecule has 1 fully saturated rings. The molecular weight excluding hydrogens is 430 g/mol. The van der Waals surface area contributed by atoms with Crippen molar-refractivity contribution in [1.29, 1.82) is 0 Å². The van der Waals surface area contributed by atoms with E-state index in [0.29, 0.717) is 21.9 Å². The van der Waals surface area contributed by atoms with Gasteiger partial charge in [0.15, 0.2) is 5.11 Å². The highest BCUT2D eigenvalue weighted by Crippen LogP contribution is 2.28. The Bertz CT molecular complexity index is 1040. The van der Waals surface area contributed by atoms with Crippen LogP contribution in [0.4, 0.5) is 11.5 Å². The lowest BCUT2D eigenvalue weighted by Crippen LogP contribution is -2.46. The zero-order valence-corrected chi connectivity index (χ0v) is 18.8. The van der Waals surface area contributed by atoms with Crippen molar-refractivity contribution in [3.05, 3.63) is 71.6 Å². The number of halogens is 1. The van der Waals surface area contributed by atoms with Crippen molar-refractivity contribution in [2.45, 2.75) is 25.8 Å². The second-order valence-corrected chi connectivity index (χ2v) is 8.28. The summed E-state index contributed by atoms with van der Waals surface area (Å²) in [6.07, 6.45) is 7.20. The predicted molar refractivity (Wildman–Crippen MR) is 129 cm³/mol.